The standard InChI is InChI=1S/C14H20ClNO2S/c1-14(2,3)19-9-8-16-13(17)10-18-12-7-5-4-6-11(12)15/h4-7H,8-10H2,1-3H3,(H,16,17). The van der Waals surface area contributed by atoms with Crippen LogP contribution < -0.4 is 10.1 Å². The van der Waals surface area contributed by atoms with Crippen LogP contribution in [0.5, 0.6) is 5.75 Å². The molecule has 0 aromatic heterocycles. The SMILES string of the molecule is CC(C)(C)SCCNC(=O)COc1ccccc1Cl. The maximum atomic E-state index is 11.6. The Morgan fingerprint density at radius 2 is 2.05 bits per heavy atom. The smallest absolute Gasteiger partial charge is 0.257 e. The molecular formula is C14H20ClNO2S. The van der Waals surface area contributed by atoms with E-state index in [4.69, 9.17) is 16.3 Å². The van der Waals surface area contributed by atoms with Crippen molar-refractivity contribution < 1.29 is 9.53 Å². The monoisotopic (exact) mass is 301 g/mol. The Morgan fingerprint density at radius 3 is 2.68 bits per heavy atom. The molecule has 3 nitrogen and oxygen atoms in total. The molecule has 0 spiro atoms. The van der Waals surface area contributed by atoms with Crippen molar-refractivity contribution in [3.05, 3.63) is 29.3 Å². The Bertz CT molecular complexity index is 418. The molecule has 0 unspecified atom stereocenters. The number of hydrogen-bond acceptors (Lipinski definition) is 3. The van der Waals surface area contributed by atoms with E-state index in [2.05, 4.69) is 26.1 Å². The fraction of sp³-hybridized carbons (Fsp3) is 0.500. The average molecular weight is 302 g/mol. The number of carbonyl (C=O) groups is 1. The zero-order valence-corrected chi connectivity index (χ0v) is 13.1. The number of ether oxygens (including phenoxy) is 1. The lowest BCUT2D eigenvalue weighted by Crippen LogP contribution is -2.31. The summed E-state index contributed by atoms with van der Waals surface area (Å²) < 4.78 is 5.57. The molecule has 1 aromatic rings. The van der Waals surface area contributed by atoms with Crippen molar-refractivity contribution in [2.24, 2.45) is 0 Å². The van der Waals surface area contributed by atoms with Crippen LogP contribution in [0.1, 0.15) is 20.8 Å². The van der Waals surface area contributed by atoms with E-state index in [9.17, 15) is 4.79 Å². The van der Waals surface area contributed by atoms with Gasteiger partial charge in [-0.3, -0.25) is 4.79 Å². The first-order chi connectivity index (χ1) is 8.88. The third-order valence-electron chi connectivity index (χ3n) is 2.15. The summed E-state index contributed by atoms with van der Waals surface area (Å²) in [5, 5.41) is 3.33. The van der Waals surface area contributed by atoms with Gasteiger partial charge in [0.25, 0.3) is 5.91 Å². The van der Waals surface area contributed by atoms with Gasteiger partial charge in [-0.1, -0.05) is 44.5 Å². The van der Waals surface area contributed by atoms with Crippen molar-refractivity contribution >= 4 is 29.3 Å². The molecule has 0 saturated carbocycles. The normalized spacial score (nSPS) is 11.2. The summed E-state index contributed by atoms with van der Waals surface area (Å²) in [6, 6.07) is 7.11. The van der Waals surface area contributed by atoms with E-state index in [1.165, 1.54) is 0 Å². The molecule has 0 aliphatic carbocycles. The van der Waals surface area contributed by atoms with Crippen LogP contribution >= 0.6 is 23.4 Å². The molecule has 0 aliphatic rings. The largest absolute Gasteiger partial charge is 0.482 e. The molecule has 1 aromatic carbocycles. The second-order valence-corrected chi connectivity index (χ2v) is 7.36. The Morgan fingerprint density at radius 1 is 1.37 bits per heavy atom. The Kier molecular flexibility index (Phi) is 6.52. The zero-order valence-electron chi connectivity index (χ0n) is 11.5. The second-order valence-electron chi connectivity index (χ2n) is 5.03. The van der Waals surface area contributed by atoms with Gasteiger partial charge in [-0.05, 0) is 12.1 Å². The number of thioether (sulfide) groups is 1. The average Bonchev–Trinajstić information content (AvgIpc) is 2.32. The lowest BCUT2D eigenvalue weighted by Gasteiger charge is -2.17. The predicted octanol–water partition coefficient (Wildman–Crippen LogP) is 3.37. The highest BCUT2D eigenvalue weighted by atomic mass is 35.5. The van der Waals surface area contributed by atoms with Gasteiger partial charge in [-0.25, -0.2) is 0 Å². The molecule has 106 valence electrons. The van der Waals surface area contributed by atoms with Gasteiger partial charge in [-0.2, -0.15) is 11.8 Å². The molecule has 0 atom stereocenters. The molecular weight excluding hydrogens is 282 g/mol. The van der Waals surface area contributed by atoms with Crippen LogP contribution in [0.25, 0.3) is 0 Å². The number of hydrogen-bond donors (Lipinski definition) is 1. The summed E-state index contributed by atoms with van der Waals surface area (Å²) in [7, 11) is 0. The number of nitrogens with one attached hydrogen (secondary N) is 1. The maximum Gasteiger partial charge on any atom is 0.257 e. The first-order valence-corrected chi connectivity index (χ1v) is 7.53. The first-order valence-electron chi connectivity index (χ1n) is 6.16. The van der Waals surface area contributed by atoms with Crippen LogP contribution in [0, 0.1) is 0 Å². The maximum absolute atomic E-state index is 11.6. The summed E-state index contributed by atoms with van der Waals surface area (Å²) in [5.74, 6) is 1.29. The van der Waals surface area contributed by atoms with E-state index in [1.54, 1.807) is 12.1 Å². The molecule has 19 heavy (non-hydrogen) atoms. The van der Waals surface area contributed by atoms with Crippen molar-refractivity contribution in [1.82, 2.24) is 5.32 Å². The molecule has 1 rings (SSSR count). The highest BCUT2D eigenvalue weighted by Crippen LogP contribution is 2.23. The third-order valence-corrected chi connectivity index (χ3v) is 3.74. The number of rotatable bonds is 6. The number of halogens is 1. The highest BCUT2D eigenvalue weighted by Gasteiger charge is 2.10. The van der Waals surface area contributed by atoms with Gasteiger partial charge in [-0.15, -0.1) is 0 Å². The van der Waals surface area contributed by atoms with E-state index in [-0.39, 0.29) is 17.3 Å². The van der Waals surface area contributed by atoms with Crippen molar-refractivity contribution in [1.29, 1.82) is 0 Å². The van der Waals surface area contributed by atoms with Gasteiger partial charge in [0.1, 0.15) is 5.75 Å². The van der Waals surface area contributed by atoms with Gasteiger partial charge in [0.15, 0.2) is 6.61 Å². The lowest BCUT2D eigenvalue weighted by molar-refractivity contribution is -0.122. The van der Waals surface area contributed by atoms with Crippen molar-refractivity contribution in [3.8, 4) is 5.75 Å². The Labute approximate surface area is 124 Å². The van der Waals surface area contributed by atoms with Crippen LogP contribution in [0.4, 0.5) is 0 Å². The molecule has 0 aliphatic heterocycles. The van der Waals surface area contributed by atoms with Crippen molar-refractivity contribution in [2.45, 2.75) is 25.5 Å². The molecule has 0 heterocycles. The topological polar surface area (TPSA) is 38.3 Å². The summed E-state index contributed by atoms with van der Waals surface area (Å²) in [6.45, 7) is 7.09. The van der Waals surface area contributed by atoms with Gasteiger partial charge in [0.2, 0.25) is 0 Å². The van der Waals surface area contributed by atoms with Gasteiger partial charge in [0, 0.05) is 17.0 Å². The van der Waals surface area contributed by atoms with Gasteiger partial charge < -0.3 is 10.1 Å². The summed E-state index contributed by atoms with van der Waals surface area (Å²) in [6.07, 6.45) is 0. The van der Waals surface area contributed by atoms with Gasteiger partial charge in [0.05, 0.1) is 5.02 Å². The zero-order chi connectivity index (χ0) is 14.3. The van der Waals surface area contributed by atoms with Crippen molar-refractivity contribution in [2.75, 3.05) is 18.9 Å². The Hall–Kier alpha value is -0.870. The highest BCUT2D eigenvalue weighted by molar-refractivity contribution is 8.00. The lowest BCUT2D eigenvalue weighted by atomic mass is 10.3. The van der Waals surface area contributed by atoms with Gasteiger partial charge >= 0.3 is 0 Å². The Balaban J connectivity index is 2.20. The number of amides is 1. The molecule has 0 saturated heterocycles. The van der Waals surface area contributed by atoms with E-state index in [1.807, 2.05) is 23.9 Å². The quantitative estimate of drug-likeness (QED) is 0.819. The first kappa shape index (κ1) is 16.2. The molecule has 0 bridgehead atoms. The van der Waals surface area contributed by atoms with Crippen LogP contribution in [0.2, 0.25) is 5.02 Å². The number of para-hydroxylation sites is 1. The molecule has 1 amide bonds. The van der Waals surface area contributed by atoms with E-state index in [0.717, 1.165) is 5.75 Å². The summed E-state index contributed by atoms with van der Waals surface area (Å²) in [4.78, 5) is 11.6. The van der Waals surface area contributed by atoms with Crippen molar-refractivity contribution in [3.63, 3.8) is 0 Å². The minimum absolute atomic E-state index is 0.0100. The molecule has 1 N–H and O–H groups in total. The second kappa shape index (κ2) is 7.65. The summed E-state index contributed by atoms with van der Waals surface area (Å²) >= 11 is 7.74. The van der Waals surface area contributed by atoms with E-state index >= 15 is 0 Å². The van der Waals surface area contributed by atoms with Crippen LogP contribution in [0.3, 0.4) is 0 Å². The minimum Gasteiger partial charge on any atom is -0.482 e. The molecule has 0 fully saturated rings. The number of benzene rings is 1. The van der Waals surface area contributed by atoms with Crippen LogP contribution in [0.15, 0.2) is 24.3 Å². The molecule has 5 heteroatoms. The predicted molar refractivity (Wildman–Crippen MR) is 82.2 cm³/mol. The third kappa shape index (κ3) is 7.33. The van der Waals surface area contributed by atoms with Crippen LogP contribution in [-0.4, -0.2) is 29.6 Å². The summed E-state index contributed by atoms with van der Waals surface area (Å²) in [5.41, 5.74) is 0. The molecule has 0 radical (unpaired) electrons. The minimum atomic E-state index is -0.130. The fourth-order valence-corrected chi connectivity index (χ4v) is 2.31. The van der Waals surface area contributed by atoms with E-state index in [0.29, 0.717) is 17.3 Å². The van der Waals surface area contributed by atoms with Crippen LogP contribution in [-0.2, 0) is 4.79 Å². The fourth-order valence-electron chi connectivity index (χ4n) is 1.30. The van der Waals surface area contributed by atoms with E-state index < -0.39 is 0 Å². The number of carbonyl (C=O) groups excluding carboxylic acids is 1.